The van der Waals surface area contributed by atoms with Crippen molar-refractivity contribution in [2.45, 2.75) is 51.6 Å². The highest BCUT2D eigenvalue weighted by molar-refractivity contribution is 6.13. The summed E-state index contributed by atoms with van der Waals surface area (Å²) in [5.41, 5.74) is 5.92. The van der Waals surface area contributed by atoms with E-state index in [1.807, 2.05) is 67.3 Å². The summed E-state index contributed by atoms with van der Waals surface area (Å²) in [7, 11) is 0. The molecule has 5 heteroatoms. The summed E-state index contributed by atoms with van der Waals surface area (Å²) in [5.74, 6) is 0.441. The van der Waals surface area contributed by atoms with Crippen LogP contribution in [0.5, 0.6) is 0 Å². The summed E-state index contributed by atoms with van der Waals surface area (Å²) in [4.78, 5) is 29.7. The zero-order valence-electron chi connectivity index (χ0n) is 20.2. The van der Waals surface area contributed by atoms with Crippen molar-refractivity contribution in [3.05, 3.63) is 95.6 Å². The predicted octanol–water partition coefficient (Wildman–Crippen LogP) is 5.78. The zero-order valence-corrected chi connectivity index (χ0v) is 20.2. The molecule has 34 heavy (non-hydrogen) atoms. The Morgan fingerprint density at radius 2 is 1.53 bits per heavy atom. The molecule has 0 aliphatic carbocycles. The first-order chi connectivity index (χ1) is 16.2. The number of hydrazine groups is 1. The number of anilines is 2. The SMILES string of the molecule is CC(C)Cc1ccc([C@@]2(C)C[C@@]3(C)N(Nc4ccccc4)C(=O)c4ccccc4N3C2=O)cc1. The van der Waals surface area contributed by atoms with Crippen molar-refractivity contribution in [3.63, 3.8) is 0 Å². The number of carbonyl (C=O) groups is 2. The smallest absolute Gasteiger partial charge is 0.276 e. The maximum atomic E-state index is 14.2. The first-order valence-electron chi connectivity index (χ1n) is 11.9. The standard InChI is InChI=1S/C29H31N3O2/c1-20(2)18-21-14-16-22(17-15-21)28(3)19-29(4)31(27(28)34)25-13-9-8-12-24(25)26(33)32(29)30-23-10-6-5-7-11-23/h5-17,20,30H,18-19H2,1-4H3/t28-,29-/m1/s1. The summed E-state index contributed by atoms with van der Waals surface area (Å²) >= 11 is 0. The van der Waals surface area contributed by atoms with Gasteiger partial charge >= 0.3 is 0 Å². The molecule has 0 bridgehead atoms. The number of nitrogens with zero attached hydrogens (tertiary/aromatic N) is 2. The first-order valence-corrected chi connectivity index (χ1v) is 11.9. The molecule has 2 atom stereocenters. The van der Waals surface area contributed by atoms with Crippen LogP contribution in [0.3, 0.4) is 0 Å². The monoisotopic (exact) mass is 453 g/mol. The maximum Gasteiger partial charge on any atom is 0.276 e. The van der Waals surface area contributed by atoms with Gasteiger partial charge in [-0.3, -0.25) is 19.9 Å². The number of nitrogens with one attached hydrogen (secondary N) is 1. The summed E-state index contributed by atoms with van der Waals surface area (Å²) in [6, 6.07) is 25.5. The van der Waals surface area contributed by atoms with Crippen molar-refractivity contribution >= 4 is 23.2 Å². The lowest BCUT2D eigenvalue weighted by Gasteiger charge is -2.48. The number of fused-ring (bicyclic) bond motifs is 3. The highest BCUT2D eigenvalue weighted by Crippen LogP contribution is 2.51. The van der Waals surface area contributed by atoms with Gasteiger partial charge in [-0.1, -0.05) is 68.4 Å². The Morgan fingerprint density at radius 3 is 2.21 bits per heavy atom. The summed E-state index contributed by atoms with van der Waals surface area (Å²) in [5, 5.41) is 1.64. The van der Waals surface area contributed by atoms with Gasteiger partial charge in [0.1, 0.15) is 5.66 Å². The van der Waals surface area contributed by atoms with Crippen LogP contribution in [0.2, 0.25) is 0 Å². The molecular weight excluding hydrogens is 422 g/mol. The Kier molecular flexibility index (Phi) is 5.23. The van der Waals surface area contributed by atoms with E-state index in [0.717, 1.165) is 17.7 Å². The molecule has 2 aliphatic rings. The number of para-hydroxylation sites is 2. The van der Waals surface area contributed by atoms with Gasteiger partial charge in [-0.05, 0) is 61.6 Å². The summed E-state index contributed by atoms with van der Waals surface area (Å²) in [6.45, 7) is 8.39. The Morgan fingerprint density at radius 1 is 0.882 bits per heavy atom. The van der Waals surface area contributed by atoms with Crippen LogP contribution < -0.4 is 10.3 Å². The van der Waals surface area contributed by atoms with Gasteiger partial charge in [-0.25, -0.2) is 5.01 Å². The van der Waals surface area contributed by atoms with E-state index < -0.39 is 11.1 Å². The summed E-state index contributed by atoms with van der Waals surface area (Å²) in [6.07, 6.45) is 1.48. The first kappa shape index (κ1) is 22.2. The minimum absolute atomic E-state index is 0.00595. The van der Waals surface area contributed by atoms with E-state index in [9.17, 15) is 9.59 Å². The molecule has 1 N–H and O–H groups in total. The zero-order chi connectivity index (χ0) is 24.1. The van der Waals surface area contributed by atoms with Crippen LogP contribution in [0.15, 0.2) is 78.9 Å². The molecule has 174 valence electrons. The van der Waals surface area contributed by atoms with Crippen molar-refractivity contribution in [2.75, 3.05) is 10.3 Å². The van der Waals surface area contributed by atoms with Gasteiger partial charge in [0.2, 0.25) is 5.91 Å². The molecule has 1 saturated heterocycles. The normalized spacial score (nSPS) is 23.8. The number of carbonyl (C=O) groups excluding carboxylic acids is 2. The second kappa shape index (κ2) is 8.01. The molecule has 0 aromatic heterocycles. The molecule has 0 unspecified atom stereocenters. The third-order valence-corrected chi connectivity index (χ3v) is 7.16. The van der Waals surface area contributed by atoms with E-state index in [1.54, 1.807) is 11.1 Å². The average Bonchev–Trinajstić information content (AvgIpc) is 3.04. The molecule has 0 radical (unpaired) electrons. The molecule has 2 amide bonds. The predicted molar refractivity (Wildman–Crippen MR) is 136 cm³/mol. The van der Waals surface area contributed by atoms with E-state index in [2.05, 4.69) is 43.5 Å². The molecule has 2 heterocycles. The van der Waals surface area contributed by atoms with Crippen molar-refractivity contribution in [1.29, 1.82) is 0 Å². The fraction of sp³-hybridized carbons (Fsp3) is 0.310. The minimum Gasteiger partial charge on any atom is -0.294 e. The lowest BCUT2D eigenvalue weighted by Crippen LogP contribution is -2.64. The van der Waals surface area contributed by atoms with E-state index in [0.29, 0.717) is 23.6 Å². The topological polar surface area (TPSA) is 52.7 Å². The lowest BCUT2D eigenvalue weighted by molar-refractivity contribution is -0.121. The van der Waals surface area contributed by atoms with Gasteiger partial charge in [0.05, 0.1) is 22.4 Å². The van der Waals surface area contributed by atoms with Crippen molar-refractivity contribution in [3.8, 4) is 0 Å². The van der Waals surface area contributed by atoms with Gasteiger partial charge in [-0.2, -0.15) is 0 Å². The Bertz CT molecular complexity index is 1240. The van der Waals surface area contributed by atoms with Gasteiger partial charge in [0, 0.05) is 6.42 Å². The largest absolute Gasteiger partial charge is 0.294 e. The van der Waals surface area contributed by atoms with Crippen LogP contribution in [0.25, 0.3) is 0 Å². The minimum atomic E-state index is -0.871. The highest BCUT2D eigenvalue weighted by atomic mass is 16.2. The Hall–Kier alpha value is -3.60. The molecule has 3 aromatic carbocycles. The second-order valence-corrected chi connectivity index (χ2v) is 10.3. The van der Waals surface area contributed by atoms with Crippen molar-refractivity contribution < 1.29 is 9.59 Å². The molecule has 2 aliphatic heterocycles. The van der Waals surface area contributed by atoms with Crippen LogP contribution in [0, 0.1) is 5.92 Å². The average molecular weight is 454 g/mol. The van der Waals surface area contributed by atoms with Gasteiger partial charge in [-0.15, -0.1) is 0 Å². The molecule has 5 rings (SSSR count). The van der Waals surface area contributed by atoms with Crippen LogP contribution in [0.4, 0.5) is 11.4 Å². The van der Waals surface area contributed by atoms with E-state index in [1.165, 1.54) is 5.56 Å². The quantitative estimate of drug-likeness (QED) is 0.533. The third kappa shape index (κ3) is 3.38. The molecule has 1 fully saturated rings. The third-order valence-electron chi connectivity index (χ3n) is 7.16. The van der Waals surface area contributed by atoms with E-state index >= 15 is 0 Å². The maximum absolute atomic E-state index is 14.2. The van der Waals surface area contributed by atoms with Crippen LogP contribution in [0.1, 0.15) is 55.6 Å². The number of benzene rings is 3. The van der Waals surface area contributed by atoms with Gasteiger partial charge in [0.15, 0.2) is 0 Å². The number of rotatable bonds is 5. The Balaban J connectivity index is 1.60. The lowest BCUT2D eigenvalue weighted by atomic mass is 9.78. The van der Waals surface area contributed by atoms with Crippen LogP contribution >= 0.6 is 0 Å². The summed E-state index contributed by atoms with van der Waals surface area (Å²) < 4.78 is 0. The molecule has 3 aromatic rings. The molecular formula is C29H31N3O2. The van der Waals surface area contributed by atoms with Crippen LogP contribution in [-0.4, -0.2) is 22.5 Å². The van der Waals surface area contributed by atoms with Gasteiger partial charge < -0.3 is 0 Å². The van der Waals surface area contributed by atoms with Crippen molar-refractivity contribution in [2.24, 2.45) is 5.92 Å². The number of hydrogen-bond acceptors (Lipinski definition) is 3. The molecule has 5 nitrogen and oxygen atoms in total. The second-order valence-electron chi connectivity index (χ2n) is 10.3. The number of amides is 2. The fourth-order valence-corrected chi connectivity index (χ4v) is 5.55. The molecule has 0 saturated carbocycles. The number of hydrogen-bond donors (Lipinski definition) is 1. The van der Waals surface area contributed by atoms with Crippen LogP contribution in [-0.2, 0) is 16.6 Å². The van der Waals surface area contributed by atoms with Gasteiger partial charge in [0.25, 0.3) is 5.91 Å². The van der Waals surface area contributed by atoms with E-state index in [4.69, 9.17) is 0 Å². The van der Waals surface area contributed by atoms with Crippen molar-refractivity contribution in [1.82, 2.24) is 5.01 Å². The van der Waals surface area contributed by atoms with E-state index in [-0.39, 0.29) is 11.8 Å². The Labute approximate surface area is 201 Å². The molecule has 0 spiro atoms. The highest BCUT2D eigenvalue weighted by Gasteiger charge is 2.62. The fourth-order valence-electron chi connectivity index (χ4n) is 5.55.